The van der Waals surface area contributed by atoms with Crippen LogP contribution in [0.4, 0.5) is 0 Å². The topological polar surface area (TPSA) is 56.8 Å². The third-order valence-corrected chi connectivity index (χ3v) is 4.84. The third kappa shape index (κ3) is 6.44. The molecule has 0 spiro atoms. The van der Waals surface area contributed by atoms with E-state index in [1.54, 1.807) is 6.92 Å². The second-order valence-electron chi connectivity index (χ2n) is 7.07. The molecule has 2 aromatic carbocycles. The zero-order valence-electron chi connectivity index (χ0n) is 16.4. The van der Waals surface area contributed by atoms with Crippen molar-refractivity contribution < 1.29 is 19.0 Å². The first-order valence-electron chi connectivity index (χ1n) is 9.96. The van der Waals surface area contributed by atoms with E-state index in [9.17, 15) is 4.79 Å². The van der Waals surface area contributed by atoms with E-state index in [4.69, 9.17) is 14.2 Å². The lowest BCUT2D eigenvalue weighted by atomic mass is 10.1. The summed E-state index contributed by atoms with van der Waals surface area (Å²) < 4.78 is 17.1. The molecule has 1 saturated heterocycles. The minimum absolute atomic E-state index is 0.210. The zero-order chi connectivity index (χ0) is 19.6. The van der Waals surface area contributed by atoms with Gasteiger partial charge in [-0.05, 0) is 43.0 Å². The van der Waals surface area contributed by atoms with Crippen LogP contribution in [0.15, 0.2) is 54.6 Å². The Morgan fingerprint density at radius 3 is 2.43 bits per heavy atom. The lowest BCUT2D eigenvalue weighted by Crippen LogP contribution is -2.42. The first-order chi connectivity index (χ1) is 13.7. The number of nitrogens with one attached hydrogen (secondary N) is 1. The number of hydrogen-bond acceptors (Lipinski definition) is 5. The summed E-state index contributed by atoms with van der Waals surface area (Å²) in [6, 6.07) is 17.9. The fourth-order valence-corrected chi connectivity index (χ4v) is 3.23. The summed E-state index contributed by atoms with van der Waals surface area (Å²) in [5.74, 6) is -0.230. The fourth-order valence-electron chi connectivity index (χ4n) is 3.23. The van der Waals surface area contributed by atoms with Gasteiger partial charge in [0.25, 0.3) is 0 Å². The molecule has 2 aromatic rings. The molecule has 0 aliphatic carbocycles. The molecule has 1 N–H and O–H groups in total. The van der Waals surface area contributed by atoms with Crippen LogP contribution < -0.4 is 5.32 Å². The lowest BCUT2D eigenvalue weighted by molar-refractivity contribution is -0.180. The highest BCUT2D eigenvalue weighted by molar-refractivity contribution is 5.75. The first-order valence-corrected chi connectivity index (χ1v) is 9.96. The van der Waals surface area contributed by atoms with Crippen molar-refractivity contribution in [2.45, 2.75) is 58.3 Å². The van der Waals surface area contributed by atoms with E-state index in [0.29, 0.717) is 19.8 Å². The highest BCUT2D eigenvalue weighted by atomic mass is 16.7. The monoisotopic (exact) mass is 383 g/mol. The molecular weight excluding hydrogens is 354 g/mol. The van der Waals surface area contributed by atoms with Crippen molar-refractivity contribution in [2.75, 3.05) is 6.54 Å². The second-order valence-corrected chi connectivity index (χ2v) is 7.07. The van der Waals surface area contributed by atoms with E-state index >= 15 is 0 Å². The van der Waals surface area contributed by atoms with Gasteiger partial charge in [-0.1, -0.05) is 61.0 Å². The number of carbonyl (C=O) groups is 1. The van der Waals surface area contributed by atoms with Gasteiger partial charge in [-0.15, -0.1) is 0 Å². The molecule has 5 heteroatoms. The van der Waals surface area contributed by atoms with Gasteiger partial charge in [-0.2, -0.15) is 0 Å². The Hall–Kier alpha value is -2.21. The number of carbonyl (C=O) groups excluding carboxylic acids is 1. The van der Waals surface area contributed by atoms with Crippen molar-refractivity contribution in [2.24, 2.45) is 0 Å². The van der Waals surface area contributed by atoms with Gasteiger partial charge in [0.2, 0.25) is 6.29 Å². The van der Waals surface area contributed by atoms with E-state index in [1.165, 1.54) is 0 Å². The van der Waals surface area contributed by atoms with Gasteiger partial charge in [0.1, 0.15) is 6.04 Å². The van der Waals surface area contributed by atoms with Crippen LogP contribution in [0.2, 0.25) is 0 Å². The number of rotatable bonds is 9. The van der Waals surface area contributed by atoms with Crippen LogP contribution in [0.25, 0.3) is 0 Å². The Labute approximate surface area is 167 Å². The average Bonchev–Trinajstić information content (AvgIpc) is 2.74. The molecule has 1 aliphatic heterocycles. The van der Waals surface area contributed by atoms with E-state index in [2.05, 4.69) is 5.32 Å². The van der Waals surface area contributed by atoms with Gasteiger partial charge in [0.05, 0.1) is 19.8 Å². The Morgan fingerprint density at radius 1 is 1.00 bits per heavy atom. The van der Waals surface area contributed by atoms with Crippen LogP contribution in [0, 0.1) is 0 Å². The number of piperidine rings is 1. The van der Waals surface area contributed by atoms with Crippen LogP contribution in [0.5, 0.6) is 0 Å². The van der Waals surface area contributed by atoms with Crippen LogP contribution in [0.3, 0.4) is 0 Å². The quantitative estimate of drug-likeness (QED) is 0.525. The predicted molar refractivity (Wildman–Crippen MR) is 107 cm³/mol. The smallest absolute Gasteiger partial charge is 0.325 e. The summed E-state index contributed by atoms with van der Waals surface area (Å²) in [5.41, 5.74) is 3.26. The van der Waals surface area contributed by atoms with E-state index in [-0.39, 0.29) is 12.0 Å². The normalized spacial score (nSPS) is 17.8. The summed E-state index contributed by atoms with van der Waals surface area (Å²) >= 11 is 0. The molecule has 3 rings (SSSR count). The molecule has 1 aliphatic rings. The Kier molecular flexibility index (Phi) is 8.03. The Morgan fingerprint density at radius 2 is 1.71 bits per heavy atom. The van der Waals surface area contributed by atoms with E-state index in [1.807, 2.05) is 54.6 Å². The number of hydrogen-bond donors (Lipinski definition) is 1. The van der Waals surface area contributed by atoms with Crippen LogP contribution in [-0.2, 0) is 38.8 Å². The summed E-state index contributed by atoms with van der Waals surface area (Å²) in [5, 5.41) is 3.20. The van der Waals surface area contributed by atoms with Crippen molar-refractivity contribution in [3.63, 3.8) is 0 Å². The van der Waals surface area contributed by atoms with E-state index in [0.717, 1.165) is 42.5 Å². The van der Waals surface area contributed by atoms with Crippen LogP contribution in [0.1, 0.15) is 42.9 Å². The minimum Gasteiger partial charge on any atom is -0.435 e. The molecule has 28 heavy (non-hydrogen) atoms. The van der Waals surface area contributed by atoms with Crippen molar-refractivity contribution in [3.8, 4) is 0 Å². The van der Waals surface area contributed by atoms with E-state index < -0.39 is 6.29 Å². The zero-order valence-corrected chi connectivity index (χ0v) is 16.4. The minimum atomic E-state index is -0.588. The third-order valence-electron chi connectivity index (χ3n) is 4.84. The molecule has 1 unspecified atom stereocenters. The van der Waals surface area contributed by atoms with Crippen molar-refractivity contribution in [3.05, 3.63) is 71.3 Å². The van der Waals surface area contributed by atoms with Gasteiger partial charge in [-0.3, -0.25) is 4.79 Å². The second kappa shape index (κ2) is 11.0. The molecule has 0 bridgehead atoms. The number of benzene rings is 2. The van der Waals surface area contributed by atoms with Gasteiger partial charge in [0, 0.05) is 0 Å². The largest absolute Gasteiger partial charge is 0.435 e. The Balaban J connectivity index is 1.45. The summed E-state index contributed by atoms with van der Waals surface area (Å²) in [6.07, 6.45) is 2.40. The molecule has 150 valence electrons. The van der Waals surface area contributed by atoms with Crippen LogP contribution >= 0.6 is 0 Å². The molecular formula is C23H29NO4. The first kappa shape index (κ1) is 20.5. The maximum atomic E-state index is 12.2. The molecule has 1 heterocycles. The fraction of sp³-hybridized carbons (Fsp3) is 0.435. The maximum Gasteiger partial charge on any atom is 0.325 e. The molecule has 1 fully saturated rings. The maximum absolute atomic E-state index is 12.2. The highest BCUT2D eigenvalue weighted by Crippen LogP contribution is 2.15. The highest BCUT2D eigenvalue weighted by Gasteiger charge is 2.23. The van der Waals surface area contributed by atoms with Crippen molar-refractivity contribution in [1.29, 1.82) is 0 Å². The molecule has 2 atom stereocenters. The number of ether oxygens (including phenoxy) is 3. The predicted octanol–water partition coefficient (Wildman–Crippen LogP) is 3.95. The van der Waals surface area contributed by atoms with Gasteiger partial charge in [-0.25, -0.2) is 0 Å². The SMILES string of the molecule is CC(OCc1ccccc1COCc1ccccc1)OC(=O)[C@@H]1CCCCN1. The molecule has 0 radical (unpaired) electrons. The summed E-state index contributed by atoms with van der Waals surface area (Å²) in [6.45, 7) is 4.07. The van der Waals surface area contributed by atoms with Crippen molar-refractivity contribution in [1.82, 2.24) is 5.32 Å². The molecule has 5 nitrogen and oxygen atoms in total. The number of esters is 1. The van der Waals surface area contributed by atoms with Crippen LogP contribution in [-0.4, -0.2) is 24.8 Å². The van der Waals surface area contributed by atoms with Gasteiger partial charge < -0.3 is 19.5 Å². The van der Waals surface area contributed by atoms with Gasteiger partial charge >= 0.3 is 5.97 Å². The average molecular weight is 383 g/mol. The standard InChI is InChI=1S/C23H29NO4/c1-18(28-23(25)22-13-7-8-14-24-22)27-17-21-12-6-5-11-20(21)16-26-15-19-9-3-2-4-10-19/h2-6,9-12,18,22,24H,7-8,13-17H2,1H3/t18?,22-/m0/s1. The molecule has 0 amide bonds. The Bertz CT molecular complexity index is 728. The summed E-state index contributed by atoms with van der Waals surface area (Å²) in [4.78, 5) is 12.2. The molecule has 0 saturated carbocycles. The van der Waals surface area contributed by atoms with Crippen molar-refractivity contribution >= 4 is 5.97 Å². The molecule has 0 aromatic heterocycles. The lowest BCUT2D eigenvalue weighted by Gasteiger charge is -2.24. The van der Waals surface area contributed by atoms with Gasteiger partial charge in [0.15, 0.2) is 0 Å². The summed E-state index contributed by atoms with van der Waals surface area (Å²) in [7, 11) is 0.